The average molecular weight is 368 g/mol. The number of hydrogen-bond donors (Lipinski definition) is 1. The molecule has 0 spiro atoms. The fraction of sp³-hybridized carbons (Fsp3) is 0.238. The predicted molar refractivity (Wildman–Crippen MR) is 106 cm³/mol. The van der Waals surface area contributed by atoms with Gasteiger partial charge in [0.2, 0.25) is 0 Å². The zero-order chi connectivity index (χ0) is 18.7. The minimum absolute atomic E-state index is 0.170. The smallest absolute Gasteiger partial charge is 0.259 e. The summed E-state index contributed by atoms with van der Waals surface area (Å²) in [4.78, 5) is 12.9. The van der Waals surface area contributed by atoms with E-state index >= 15 is 0 Å². The van der Waals surface area contributed by atoms with Crippen molar-refractivity contribution in [1.82, 2.24) is 9.78 Å². The molecular formula is C21H22ClN3O. The molecule has 1 heterocycles. The van der Waals surface area contributed by atoms with Crippen LogP contribution in [0.2, 0.25) is 5.02 Å². The molecule has 0 aliphatic carbocycles. The van der Waals surface area contributed by atoms with Gasteiger partial charge in [0.15, 0.2) is 0 Å². The van der Waals surface area contributed by atoms with Crippen LogP contribution < -0.4 is 5.32 Å². The third-order valence-corrected chi connectivity index (χ3v) is 4.92. The first-order valence-electron chi connectivity index (χ1n) is 8.78. The van der Waals surface area contributed by atoms with Gasteiger partial charge in [-0.25, -0.2) is 4.68 Å². The van der Waals surface area contributed by atoms with Crippen molar-refractivity contribution >= 4 is 23.2 Å². The van der Waals surface area contributed by atoms with Gasteiger partial charge < -0.3 is 5.32 Å². The van der Waals surface area contributed by atoms with Crippen LogP contribution in [-0.4, -0.2) is 15.7 Å². The second-order valence-electron chi connectivity index (χ2n) is 6.11. The molecule has 0 saturated heterocycles. The second kappa shape index (κ2) is 7.75. The Morgan fingerprint density at radius 3 is 2.50 bits per heavy atom. The lowest BCUT2D eigenvalue weighted by atomic mass is 10.0. The van der Waals surface area contributed by atoms with E-state index in [9.17, 15) is 4.79 Å². The molecule has 0 aliphatic rings. The highest BCUT2D eigenvalue weighted by molar-refractivity contribution is 6.32. The van der Waals surface area contributed by atoms with Crippen molar-refractivity contribution < 1.29 is 4.79 Å². The number of halogens is 1. The summed E-state index contributed by atoms with van der Waals surface area (Å²) in [6.45, 7) is 6.00. The van der Waals surface area contributed by atoms with Gasteiger partial charge in [0.25, 0.3) is 5.91 Å². The first kappa shape index (κ1) is 18.2. The molecule has 0 atom stereocenters. The van der Waals surface area contributed by atoms with Gasteiger partial charge in [-0.2, -0.15) is 5.10 Å². The van der Waals surface area contributed by atoms with Crippen LogP contribution in [0, 0.1) is 6.92 Å². The van der Waals surface area contributed by atoms with Gasteiger partial charge in [-0.1, -0.05) is 49.7 Å². The number of benzene rings is 2. The molecule has 0 fully saturated rings. The molecule has 1 N–H and O–H groups in total. The summed E-state index contributed by atoms with van der Waals surface area (Å²) in [5.74, 6) is -0.170. The Kier molecular flexibility index (Phi) is 5.43. The molecule has 4 nitrogen and oxygen atoms in total. The number of para-hydroxylation sites is 1. The topological polar surface area (TPSA) is 46.9 Å². The van der Waals surface area contributed by atoms with E-state index in [4.69, 9.17) is 11.6 Å². The fourth-order valence-corrected chi connectivity index (χ4v) is 3.40. The molecule has 0 radical (unpaired) electrons. The number of amides is 1. The monoisotopic (exact) mass is 367 g/mol. The maximum Gasteiger partial charge on any atom is 0.259 e. The molecule has 0 aliphatic heterocycles. The van der Waals surface area contributed by atoms with E-state index in [-0.39, 0.29) is 5.91 Å². The van der Waals surface area contributed by atoms with E-state index in [1.165, 1.54) is 0 Å². The van der Waals surface area contributed by atoms with E-state index in [1.807, 2.05) is 56.3 Å². The maximum absolute atomic E-state index is 12.9. The van der Waals surface area contributed by atoms with Gasteiger partial charge in [0.05, 0.1) is 23.1 Å². The Balaban J connectivity index is 1.95. The van der Waals surface area contributed by atoms with Crippen molar-refractivity contribution in [1.29, 1.82) is 0 Å². The number of aromatic nitrogens is 2. The molecule has 3 aromatic rings. The number of nitrogens with one attached hydrogen (secondary N) is 1. The number of hydrogen-bond acceptors (Lipinski definition) is 2. The van der Waals surface area contributed by atoms with Crippen LogP contribution in [0.15, 0.2) is 48.7 Å². The van der Waals surface area contributed by atoms with Gasteiger partial charge >= 0.3 is 0 Å². The lowest BCUT2D eigenvalue weighted by molar-refractivity contribution is 0.102. The van der Waals surface area contributed by atoms with Gasteiger partial charge in [-0.05, 0) is 49.1 Å². The first-order chi connectivity index (χ1) is 12.6. The first-order valence-corrected chi connectivity index (χ1v) is 9.16. The average Bonchev–Trinajstić information content (AvgIpc) is 3.04. The van der Waals surface area contributed by atoms with Crippen LogP contribution in [-0.2, 0) is 12.8 Å². The fourth-order valence-electron chi connectivity index (χ4n) is 3.11. The zero-order valence-electron chi connectivity index (χ0n) is 15.2. The number of anilines is 1. The lowest BCUT2D eigenvalue weighted by Crippen LogP contribution is -2.16. The summed E-state index contributed by atoms with van der Waals surface area (Å²) in [6, 6.07) is 13.6. The van der Waals surface area contributed by atoms with Crippen LogP contribution in [0.3, 0.4) is 0 Å². The molecule has 3 rings (SSSR count). The quantitative estimate of drug-likeness (QED) is 0.672. The standard InChI is InChI=1S/C21H22ClN3O/c1-4-15-11-12-19(22)17(5-2)20(15)24-21(26)18-13-23-25(14(18)3)16-9-7-6-8-10-16/h6-13H,4-5H2,1-3H3,(H,24,26). The van der Waals surface area contributed by atoms with Gasteiger partial charge in [-0.15, -0.1) is 0 Å². The van der Waals surface area contributed by atoms with E-state index in [0.29, 0.717) is 10.6 Å². The number of carbonyl (C=O) groups excluding carboxylic acids is 1. The van der Waals surface area contributed by atoms with Crippen molar-refractivity contribution in [3.63, 3.8) is 0 Å². The number of carbonyl (C=O) groups is 1. The molecule has 0 saturated carbocycles. The van der Waals surface area contributed by atoms with Crippen LogP contribution in [0.25, 0.3) is 5.69 Å². The number of rotatable bonds is 5. The van der Waals surface area contributed by atoms with Gasteiger partial charge in [-0.3, -0.25) is 4.79 Å². The summed E-state index contributed by atoms with van der Waals surface area (Å²) >= 11 is 6.34. The second-order valence-corrected chi connectivity index (χ2v) is 6.52. The number of aryl methyl sites for hydroxylation is 1. The third kappa shape index (κ3) is 3.37. The Bertz CT molecular complexity index is 932. The third-order valence-electron chi connectivity index (χ3n) is 4.57. The van der Waals surface area contributed by atoms with E-state index < -0.39 is 0 Å². The van der Waals surface area contributed by atoms with Gasteiger partial charge in [0, 0.05) is 10.7 Å². The Labute approximate surface area is 158 Å². The largest absolute Gasteiger partial charge is 0.321 e. The molecule has 1 amide bonds. The van der Waals surface area contributed by atoms with Gasteiger partial charge in [0.1, 0.15) is 0 Å². The molecule has 5 heteroatoms. The van der Waals surface area contributed by atoms with Crippen molar-refractivity contribution in [2.75, 3.05) is 5.32 Å². The van der Waals surface area contributed by atoms with E-state index in [2.05, 4.69) is 17.3 Å². The SMILES string of the molecule is CCc1ccc(Cl)c(CC)c1NC(=O)c1cnn(-c2ccccc2)c1C. The van der Waals surface area contributed by atoms with Crippen molar-refractivity contribution in [3.05, 3.63) is 76.1 Å². The minimum Gasteiger partial charge on any atom is -0.321 e. The highest BCUT2D eigenvalue weighted by Gasteiger charge is 2.18. The Morgan fingerprint density at radius 2 is 1.85 bits per heavy atom. The van der Waals surface area contributed by atoms with Crippen LogP contribution in [0.5, 0.6) is 0 Å². The maximum atomic E-state index is 12.9. The molecule has 134 valence electrons. The van der Waals surface area contributed by atoms with Crippen molar-refractivity contribution in [2.45, 2.75) is 33.6 Å². The molecule has 0 unspecified atom stereocenters. The van der Waals surface area contributed by atoms with Crippen LogP contribution in [0.4, 0.5) is 5.69 Å². The van der Waals surface area contributed by atoms with Crippen molar-refractivity contribution in [3.8, 4) is 5.69 Å². The molecule has 26 heavy (non-hydrogen) atoms. The Hall–Kier alpha value is -2.59. The van der Waals surface area contributed by atoms with Crippen LogP contribution >= 0.6 is 11.6 Å². The molecule has 1 aromatic heterocycles. The zero-order valence-corrected chi connectivity index (χ0v) is 16.0. The summed E-state index contributed by atoms with van der Waals surface area (Å²) in [5.41, 5.74) is 5.14. The highest BCUT2D eigenvalue weighted by atomic mass is 35.5. The van der Waals surface area contributed by atoms with Crippen LogP contribution in [0.1, 0.15) is 41.0 Å². The molecule has 2 aromatic carbocycles. The van der Waals surface area contributed by atoms with E-state index in [0.717, 1.165) is 41.0 Å². The normalized spacial score (nSPS) is 10.8. The lowest BCUT2D eigenvalue weighted by Gasteiger charge is -2.16. The summed E-state index contributed by atoms with van der Waals surface area (Å²) in [6.07, 6.45) is 3.19. The molecule has 0 bridgehead atoms. The highest BCUT2D eigenvalue weighted by Crippen LogP contribution is 2.30. The number of nitrogens with zero attached hydrogens (tertiary/aromatic N) is 2. The Morgan fingerprint density at radius 1 is 1.12 bits per heavy atom. The summed E-state index contributed by atoms with van der Waals surface area (Å²) in [7, 11) is 0. The predicted octanol–water partition coefficient (Wildman–Crippen LogP) is 5.21. The summed E-state index contributed by atoms with van der Waals surface area (Å²) < 4.78 is 1.77. The minimum atomic E-state index is -0.170. The van der Waals surface area contributed by atoms with E-state index in [1.54, 1.807) is 10.9 Å². The molecular weight excluding hydrogens is 346 g/mol. The van der Waals surface area contributed by atoms with Crippen molar-refractivity contribution in [2.24, 2.45) is 0 Å². The summed E-state index contributed by atoms with van der Waals surface area (Å²) in [5, 5.41) is 8.13.